The van der Waals surface area contributed by atoms with Gasteiger partial charge in [0.1, 0.15) is 5.75 Å². The minimum atomic E-state index is -2.87. The number of benzene rings is 2. The number of carboxylic acids is 1. The lowest BCUT2D eigenvalue weighted by Crippen LogP contribution is -2.02. The molecule has 0 saturated heterocycles. The van der Waals surface area contributed by atoms with Gasteiger partial charge < -0.3 is 15.2 Å². The van der Waals surface area contributed by atoms with Crippen molar-refractivity contribution in [3.05, 3.63) is 59.8 Å². The SMILES string of the molecule is Cc1cc(Nc2ccc(OC(F)F)cc2)c2cccc(C(=O)O)c2n1. The van der Waals surface area contributed by atoms with Crippen LogP contribution in [0.2, 0.25) is 0 Å². The van der Waals surface area contributed by atoms with Crippen molar-refractivity contribution in [3.63, 3.8) is 0 Å². The summed E-state index contributed by atoms with van der Waals surface area (Å²) in [5, 5.41) is 13.1. The van der Waals surface area contributed by atoms with Gasteiger partial charge in [0, 0.05) is 22.5 Å². The normalized spacial score (nSPS) is 10.9. The summed E-state index contributed by atoms with van der Waals surface area (Å²) in [5.41, 5.74) is 2.48. The Hall–Kier alpha value is -3.22. The Morgan fingerprint density at radius 3 is 2.56 bits per heavy atom. The Morgan fingerprint density at radius 1 is 1.20 bits per heavy atom. The third kappa shape index (κ3) is 3.65. The average molecular weight is 344 g/mol. The van der Waals surface area contributed by atoms with E-state index in [1.165, 1.54) is 18.2 Å². The van der Waals surface area contributed by atoms with Crippen molar-refractivity contribution in [2.24, 2.45) is 0 Å². The van der Waals surface area contributed by atoms with Crippen molar-refractivity contribution in [1.29, 1.82) is 0 Å². The summed E-state index contributed by atoms with van der Waals surface area (Å²) in [6, 6.07) is 12.7. The molecular formula is C18H14F2N2O3. The van der Waals surface area contributed by atoms with Crippen LogP contribution in [0.25, 0.3) is 10.9 Å². The van der Waals surface area contributed by atoms with Crippen LogP contribution < -0.4 is 10.1 Å². The highest BCUT2D eigenvalue weighted by atomic mass is 19.3. The standard InChI is InChI=1S/C18H14F2N2O3/c1-10-9-15(13-3-2-4-14(17(23)24)16(13)21-10)22-11-5-7-12(8-6-11)25-18(19)20/h2-9,18H,1H3,(H,21,22)(H,23,24). The van der Waals surface area contributed by atoms with Crippen LogP contribution in [0.1, 0.15) is 16.1 Å². The summed E-state index contributed by atoms with van der Waals surface area (Å²) in [6.07, 6.45) is 0. The molecule has 1 aromatic heterocycles. The maximum absolute atomic E-state index is 12.2. The fourth-order valence-electron chi connectivity index (χ4n) is 2.53. The summed E-state index contributed by atoms with van der Waals surface area (Å²) in [7, 11) is 0. The Balaban J connectivity index is 1.98. The van der Waals surface area contributed by atoms with E-state index in [4.69, 9.17) is 0 Å². The predicted octanol–water partition coefficient (Wildman–Crippen LogP) is 4.59. The van der Waals surface area contributed by atoms with Crippen LogP contribution in [0.5, 0.6) is 5.75 Å². The van der Waals surface area contributed by atoms with Crippen LogP contribution in [0, 0.1) is 6.92 Å². The zero-order valence-electron chi connectivity index (χ0n) is 13.2. The molecule has 0 fully saturated rings. The minimum Gasteiger partial charge on any atom is -0.478 e. The lowest BCUT2D eigenvalue weighted by Gasteiger charge is -2.12. The van der Waals surface area contributed by atoms with Crippen molar-refractivity contribution in [2.75, 3.05) is 5.32 Å². The van der Waals surface area contributed by atoms with Gasteiger partial charge in [0.2, 0.25) is 0 Å². The number of carbonyl (C=O) groups is 1. The maximum atomic E-state index is 12.2. The van der Waals surface area contributed by atoms with Gasteiger partial charge >= 0.3 is 12.6 Å². The van der Waals surface area contributed by atoms with Crippen molar-refractivity contribution in [1.82, 2.24) is 4.98 Å². The number of para-hydroxylation sites is 1. The van der Waals surface area contributed by atoms with Crippen LogP contribution in [0.3, 0.4) is 0 Å². The number of hydrogen-bond donors (Lipinski definition) is 2. The number of aromatic nitrogens is 1. The van der Waals surface area contributed by atoms with Gasteiger partial charge in [-0.2, -0.15) is 8.78 Å². The first-order chi connectivity index (χ1) is 11.9. The summed E-state index contributed by atoms with van der Waals surface area (Å²) < 4.78 is 28.7. The van der Waals surface area contributed by atoms with Gasteiger partial charge in [-0.15, -0.1) is 0 Å². The van der Waals surface area contributed by atoms with Crippen molar-refractivity contribution in [3.8, 4) is 5.75 Å². The van der Waals surface area contributed by atoms with E-state index in [1.54, 1.807) is 37.3 Å². The maximum Gasteiger partial charge on any atom is 0.387 e. The minimum absolute atomic E-state index is 0.0597. The summed E-state index contributed by atoms with van der Waals surface area (Å²) >= 11 is 0. The fraction of sp³-hybridized carbons (Fsp3) is 0.111. The van der Waals surface area contributed by atoms with Crippen LogP contribution in [-0.4, -0.2) is 22.7 Å². The number of fused-ring (bicyclic) bond motifs is 1. The Morgan fingerprint density at radius 2 is 1.92 bits per heavy atom. The van der Waals surface area contributed by atoms with E-state index >= 15 is 0 Å². The molecule has 0 spiro atoms. The molecule has 0 aliphatic carbocycles. The lowest BCUT2D eigenvalue weighted by molar-refractivity contribution is -0.0498. The number of aryl methyl sites for hydroxylation is 1. The second-order valence-corrected chi connectivity index (χ2v) is 5.35. The quantitative estimate of drug-likeness (QED) is 0.708. The predicted molar refractivity (Wildman–Crippen MR) is 89.8 cm³/mol. The van der Waals surface area contributed by atoms with Gasteiger partial charge in [-0.05, 0) is 43.3 Å². The van der Waals surface area contributed by atoms with E-state index in [-0.39, 0.29) is 11.3 Å². The smallest absolute Gasteiger partial charge is 0.387 e. The molecule has 3 rings (SSSR count). The number of carboxylic acid groups (broad SMARTS) is 1. The first-order valence-corrected chi connectivity index (χ1v) is 7.39. The number of nitrogens with one attached hydrogen (secondary N) is 1. The molecule has 2 aromatic carbocycles. The number of pyridine rings is 1. The highest BCUT2D eigenvalue weighted by Crippen LogP contribution is 2.29. The van der Waals surface area contributed by atoms with Gasteiger partial charge in [0.15, 0.2) is 0 Å². The number of halogens is 2. The van der Waals surface area contributed by atoms with Crippen molar-refractivity contribution in [2.45, 2.75) is 13.5 Å². The molecule has 1 heterocycles. The molecule has 0 aliphatic rings. The lowest BCUT2D eigenvalue weighted by atomic mass is 10.1. The molecule has 128 valence electrons. The largest absolute Gasteiger partial charge is 0.478 e. The second-order valence-electron chi connectivity index (χ2n) is 5.35. The van der Waals surface area contributed by atoms with E-state index in [9.17, 15) is 18.7 Å². The van der Waals surface area contributed by atoms with Gasteiger partial charge in [0.05, 0.1) is 11.1 Å². The molecule has 0 saturated carbocycles. The fourth-order valence-corrected chi connectivity index (χ4v) is 2.53. The number of nitrogens with zero attached hydrogens (tertiary/aromatic N) is 1. The van der Waals surface area contributed by atoms with Gasteiger partial charge in [0.25, 0.3) is 0 Å². The Bertz CT molecular complexity index is 928. The van der Waals surface area contributed by atoms with E-state index in [2.05, 4.69) is 15.0 Å². The van der Waals surface area contributed by atoms with Gasteiger partial charge in [-0.1, -0.05) is 12.1 Å². The van der Waals surface area contributed by atoms with Crippen molar-refractivity contribution >= 4 is 28.2 Å². The van der Waals surface area contributed by atoms with E-state index < -0.39 is 12.6 Å². The molecule has 0 bridgehead atoms. The number of rotatable bonds is 5. The van der Waals surface area contributed by atoms with Crippen LogP contribution in [0.4, 0.5) is 20.2 Å². The molecular weight excluding hydrogens is 330 g/mol. The third-order valence-corrected chi connectivity index (χ3v) is 3.56. The topological polar surface area (TPSA) is 71.5 Å². The van der Waals surface area contributed by atoms with Crippen LogP contribution in [0.15, 0.2) is 48.5 Å². The number of hydrogen-bond acceptors (Lipinski definition) is 4. The van der Waals surface area contributed by atoms with E-state index in [1.807, 2.05) is 0 Å². The molecule has 0 amide bonds. The Labute approximate surface area is 141 Å². The first-order valence-electron chi connectivity index (χ1n) is 7.39. The molecule has 2 N–H and O–H groups in total. The number of anilines is 2. The molecule has 0 aliphatic heterocycles. The zero-order chi connectivity index (χ0) is 18.0. The summed E-state index contributed by atoms with van der Waals surface area (Å²) in [4.78, 5) is 15.7. The highest BCUT2D eigenvalue weighted by molar-refractivity contribution is 6.05. The van der Waals surface area contributed by atoms with Crippen molar-refractivity contribution < 1.29 is 23.4 Å². The van der Waals surface area contributed by atoms with Gasteiger partial charge in [-0.3, -0.25) is 4.98 Å². The number of ether oxygens (including phenoxy) is 1. The molecule has 3 aromatic rings. The average Bonchev–Trinajstić information content (AvgIpc) is 2.55. The monoisotopic (exact) mass is 344 g/mol. The molecule has 0 radical (unpaired) electrons. The summed E-state index contributed by atoms with van der Waals surface area (Å²) in [5.74, 6) is -0.993. The molecule has 5 nitrogen and oxygen atoms in total. The van der Waals surface area contributed by atoms with E-state index in [0.29, 0.717) is 28.0 Å². The number of alkyl halides is 2. The van der Waals surface area contributed by atoms with E-state index in [0.717, 1.165) is 0 Å². The van der Waals surface area contributed by atoms with Crippen LogP contribution in [-0.2, 0) is 0 Å². The highest BCUT2D eigenvalue weighted by Gasteiger charge is 2.13. The zero-order valence-corrected chi connectivity index (χ0v) is 13.2. The molecule has 0 atom stereocenters. The van der Waals surface area contributed by atoms with Gasteiger partial charge in [-0.25, -0.2) is 4.79 Å². The first kappa shape index (κ1) is 16.6. The number of aromatic carboxylic acids is 1. The molecule has 7 heteroatoms. The second kappa shape index (κ2) is 6.72. The van der Waals surface area contributed by atoms with Crippen LogP contribution >= 0.6 is 0 Å². The third-order valence-electron chi connectivity index (χ3n) is 3.56. The molecule has 25 heavy (non-hydrogen) atoms. The summed E-state index contributed by atoms with van der Waals surface area (Å²) in [6.45, 7) is -1.11. The molecule has 0 unspecified atom stereocenters. The Kier molecular flexibility index (Phi) is 4.47.